The Morgan fingerprint density at radius 3 is 2.56 bits per heavy atom. The normalized spacial score (nSPS) is 12.4. The molecule has 0 aliphatic rings. The van der Waals surface area contributed by atoms with Crippen LogP contribution in [0.4, 0.5) is 0 Å². The molecule has 1 aromatic carbocycles. The van der Waals surface area contributed by atoms with Gasteiger partial charge in [-0.25, -0.2) is 4.79 Å². The molecular weight excluding hydrogens is 206 g/mol. The van der Waals surface area contributed by atoms with E-state index in [1.165, 1.54) is 0 Å². The lowest BCUT2D eigenvalue weighted by molar-refractivity contribution is 0.0544. The van der Waals surface area contributed by atoms with Gasteiger partial charge in [-0.1, -0.05) is 12.1 Å². The van der Waals surface area contributed by atoms with Gasteiger partial charge >= 0.3 is 5.97 Å². The molecule has 1 atom stereocenters. The molecule has 0 amide bonds. The van der Waals surface area contributed by atoms with E-state index < -0.39 is 5.97 Å². The highest BCUT2D eigenvalue weighted by atomic mass is 16.5. The van der Waals surface area contributed by atoms with Crippen molar-refractivity contribution in [3.05, 3.63) is 35.4 Å². The summed E-state index contributed by atoms with van der Waals surface area (Å²) < 4.78 is 5.56. The van der Waals surface area contributed by atoms with Gasteiger partial charge in [0.2, 0.25) is 0 Å². The van der Waals surface area contributed by atoms with Crippen LogP contribution in [0.15, 0.2) is 24.3 Å². The van der Waals surface area contributed by atoms with Gasteiger partial charge in [0.25, 0.3) is 0 Å². The molecule has 16 heavy (non-hydrogen) atoms. The van der Waals surface area contributed by atoms with Gasteiger partial charge in [0.15, 0.2) is 0 Å². The first-order valence-corrected chi connectivity index (χ1v) is 5.22. The Balaban J connectivity index is 2.46. The van der Waals surface area contributed by atoms with Crippen molar-refractivity contribution in [3.8, 4) is 0 Å². The van der Waals surface area contributed by atoms with Crippen LogP contribution in [-0.4, -0.2) is 30.8 Å². The number of likely N-dealkylation sites (N-methyl/N-ethyl adjacent to an activating group) is 1. The van der Waals surface area contributed by atoms with Crippen LogP contribution in [0.3, 0.4) is 0 Å². The predicted octanol–water partition coefficient (Wildman–Crippen LogP) is 1.51. The van der Waals surface area contributed by atoms with Crippen molar-refractivity contribution in [1.82, 2.24) is 5.32 Å². The van der Waals surface area contributed by atoms with Crippen LogP contribution in [0.25, 0.3) is 0 Å². The maximum atomic E-state index is 10.6. The van der Waals surface area contributed by atoms with Crippen molar-refractivity contribution in [1.29, 1.82) is 0 Å². The molecule has 1 rings (SSSR count). The molecule has 0 fully saturated rings. The van der Waals surface area contributed by atoms with Gasteiger partial charge in [-0.3, -0.25) is 0 Å². The molecular formula is C12H17NO3. The topological polar surface area (TPSA) is 58.6 Å². The summed E-state index contributed by atoms with van der Waals surface area (Å²) in [6, 6.07) is 6.72. The zero-order valence-corrected chi connectivity index (χ0v) is 9.56. The first-order valence-electron chi connectivity index (χ1n) is 5.22. The minimum Gasteiger partial charge on any atom is -0.478 e. The van der Waals surface area contributed by atoms with Gasteiger partial charge in [0, 0.05) is 6.54 Å². The number of hydrogen-bond acceptors (Lipinski definition) is 3. The van der Waals surface area contributed by atoms with E-state index in [1.807, 2.05) is 14.0 Å². The molecule has 4 heteroatoms. The average molecular weight is 223 g/mol. The van der Waals surface area contributed by atoms with Crippen molar-refractivity contribution in [2.75, 3.05) is 13.6 Å². The second-order valence-electron chi connectivity index (χ2n) is 3.68. The quantitative estimate of drug-likeness (QED) is 0.767. The summed E-state index contributed by atoms with van der Waals surface area (Å²) in [5.41, 5.74) is 1.28. The molecule has 1 unspecified atom stereocenters. The lowest BCUT2D eigenvalue weighted by Gasteiger charge is -2.12. The number of ether oxygens (including phenoxy) is 1. The standard InChI is InChI=1S/C12H17NO3/c1-9(7-13-2)16-8-10-3-5-11(6-4-10)12(14)15/h3-6,9,13H,7-8H2,1-2H3,(H,14,15). The van der Waals surface area contributed by atoms with Crippen LogP contribution in [0.2, 0.25) is 0 Å². The van der Waals surface area contributed by atoms with Crippen LogP contribution in [0.5, 0.6) is 0 Å². The number of nitrogens with one attached hydrogen (secondary N) is 1. The molecule has 2 N–H and O–H groups in total. The molecule has 0 heterocycles. The molecule has 1 aromatic rings. The van der Waals surface area contributed by atoms with Crippen molar-refractivity contribution >= 4 is 5.97 Å². The molecule has 0 aliphatic heterocycles. The molecule has 0 saturated heterocycles. The lowest BCUT2D eigenvalue weighted by atomic mass is 10.1. The van der Waals surface area contributed by atoms with Gasteiger partial charge in [-0.15, -0.1) is 0 Å². The van der Waals surface area contributed by atoms with Gasteiger partial charge in [-0.05, 0) is 31.7 Å². The highest BCUT2D eigenvalue weighted by molar-refractivity contribution is 5.87. The summed E-state index contributed by atoms with van der Waals surface area (Å²) in [7, 11) is 1.88. The van der Waals surface area contributed by atoms with E-state index in [1.54, 1.807) is 24.3 Å². The molecule has 0 aliphatic carbocycles. The fourth-order valence-electron chi connectivity index (χ4n) is 1.33. The fourth-order valence-corrected chi connectivity index (χ4v) is 1.33. The number of carboxylic acid groups (broad SMARTS) is 1. The van der Waals surface area contributed by atoms with Crippen LogP contribution >= 0.6 is 0 Å². The SMILES string of the molecule is CNCC(C)OCc1ccc(C(=O)O)cc1. The van der Waals surface area contributed by atoms with Gasteiger partial charge < -0.3 is 15.2 Å². The Morgan fingerprint density at radius 2 is 2.06 bits per heavy atom. The second kappa shape index (κ2) is 6.25. The summed E-state index contributed by atoms with van der Waals surface area (Å²) in [6.07, 6.45) is 0.143. The first kappa shape index (κ1) is 12.7. The number of hydrogen-bond donors (Lipinski definition) is 2. The van der Waals surface area contributed by atoms with E-state index in [0.717, 1.165) is 12.1 Å². The fraction of sp³-hybridized carbons (Fsp3) is 0.417. The van der Waals surface area contributed by atoms with E-state index in [9.17, 15) is 4.79 Å². The monoisotopic (exact) mass is 223 g/mol. The third-order valence-electron chi connectivity index (χ3n) is 2.23. The van der Waals surface area contributed by atoms with Gasteiger partial charge in [-0.2, -0.15) is 0 Å². The Morgan fingerprint density at radius 1 is 1.44 bits per heavy atom. The number of aromatic carboxylic acids is 1. The third kappa shape index (κ3) is 4.00. The highest BCUT2D eigenvalue weighted by Gasteiger charge is 2.03. The van der Waals surface area contributed by atoms with Crippen molar-refractivity contribution in [2.24, 2.45) is 0 Å². The first-order chi connectivity index (χ1) is 7.63. The summed E-state index contributed by atoms with van der Waals surface area (Å²) >= 11 is 0. The summed E-state index contributed by atoms with van der Waals surface area (Å²) in [5, 5.41) is 11.7. The Bertz CT molecular complexity index is 335. The molecule has 0 bridgehead atoms. The molecule has 4 nitrogen and oxygen atoms in total. The molecule has 0 aromatic heterocycles. The van der Waals surface area contributed by atoms with Crippen molar-refractivity contribution in [3.63, 3.8) is 0 Å². The minimum atomic E-state index is -0.906. The minimum absolute atomic E-state index is 0.143. The maximum absolute atomic E-state index is 10.6. The van der Waals surface area contributed by atoms with Gasteiger partial charge in [0.05, 0.1) is 18.3 Å². The highest BCUT2D eigenvalue weighted by Crippen LogP contribution is 2.06. The molecule has 88 valence electrons. The van der Waals surface area contributed by atoms with Crippen LogP contribution in [0, 0.1) is 0 Å². The number of carbonyl (C=O) groups is 1. The van der Waals surface area contributed by atoms with E-state index in [2.05, 4.69) is 5.32 Å². The Labute approximate surface area is 95.2 Å². The smallest absolute Gasteiger partial charge is 0.335 e. The van der Waals surface area contributed by atoms with Gasteiger partial charge in [0.1, 0.15) is 0 Å². The number of carboxylic acids is 1. The summed E-state index contributed by atoms with van der Waals surface area (Å²) in [4.78, 5) is 10.6. The molecule has 0 spiro atoms. The predicted molar refractivity (Wildman–Crippen MR) is 61.6 cm³/mol. The van der Waals surface area contributed by atoms with E-state index in [4.69, 9.17) is 9.84 Å². The van der Waals surface area contributed by atoms with Crippen molar-refractivity contribution in [2.45, 2.75) is 19.6 Å². The number of rotatable bonds is 6. The lowest BCUT2D eigenvalue weighted by Crippen LogP contribution is -2.23. The van der Waals surface area contributed by atoms with Crippen molar-refractivity contribution < 1.29 is 14.6 Å². The van der Waals surface area contributed by atoms with Crippen LogP contribution in [0.1, 0.15) is 22.8 Å². The largest absolute Gasteiger partial charge is 0.478 e. The Hall–Kier alpha value is -1.39. The summed E-state index contributed by atoms with van der Waals surface area (Å²) in [5.74, 6) is -0.906. The Kier molecular flexibility index (Phi) is 4.95. The average Bonchev–Trinajstić information content (AvgIpc) is 2.27. The maximum Gasteiger partial charge on any atom is 0.335 e. The molecule has 0 saturated carbocycles. The third-order valence-corrected chi connectivity index (χ3v) is 2.23. The van der Waals surface area contributed by atoms with Crippen LogP contribution in [-0.2, 0) is 11.3 Å². The van der Waals surface area contributed by atoms with Crippen LogP contribution < -0.4 is 5.32 Å². The van der Waals surface area contributed by atoms with E-state index in [-0.39, 0.29) is 6.10 Å². The van der Waals surface area contributed by atoms with E-state index in [0.29, 0.717) is 12.2 Å². The zero-order chi connectivity index (χ0) is 12.0. The number of benzene rings is 1. The zero-order valence-electron chi connectivity index (χ0n) is 9.56. The van der Waals surface area contributed by atoms with E-state index >= 15 is 0 Å². The second-order valence-corrected chi connectivity index (χ2v) is 3.68. The summed E-state index contributed by atoms with van der Waals surface area (Å²) in [6.45, 7) is 3.29. The molecule has 0 radical (unpaired) electrons.